The number of carbonyl (C=O) groups excluding carboxylic acids is 1. The summed E-state index contributed by atoms with van der Waals surface area (Å²) in [6.07, 6.45) is -1.13. The highest BCUT2D eigenvalue weighted by molar-refractivity contribution is 7.86. The van der Waals surface area contributed by atoms with Crippen LogP contribution in [0.4, 0.5) is 17.5 Å². The van der Waals surface area contributed by atoms with Gasteiger partial charge in [0.05, 0.1) is 6.54 Å². The highest BCUT2D eigenvalue weighted by Crippen LogP contribution is 2.16. The first kappa shape index (κ1) is 16.0. The van der Waals surface area contributed by atoms with Crippen LogP contribution in [-0.2, 0) is 15.0 Å². The van der Waals surface area contributed by atoms with Crippen molar-refractivity contribution in [1.29, 1.82) is 0 Å². The smallest absolute Gasteiger partial charge is 0.407 e. The number of ether oxygens (including phenoxy) is 1. The molecule has 1 N–H and O–H groups in total. The molecule has 17 heavy (non-hydrogen) atoms. The fraction of sp³-hybridized carbons (Fsp3) is 0.875. The minimum Gasteiger partial charge on any atom is -0.444 e. The van der Waals surface area contributed by atoms with Crippen LogP contribution in [0.5, 0.6) is 0 Å². The van der Waals surface area contributed by atoms with Gasteiger partial charge < -0.3 is 10.1 Å². The van der Waals surface area contributed by atoms with Crippen molar-refractivity contribution in [2.24, 2.45) is 0 Å². The van der Waals surface area contributed by atoms with E-state index < -0.39 is 40.1 Å². The number of carbonyl (C=O) groups is 1. The lowest BCUT2D eigenvalue weighted by molar-refractivity contribution is 0.0134. The van der Waals surface area contributed by atoms with Crippen LogP contribution < -0.4 is 5.32 Å². The van der Waals surface area contributed by atoms with Gasteiger partial charge in [0, 0.05) is 0 Å². The molecule has 0 rings (SSSR count). The number of hydrogen-bond acceptors (Lipinski definition) is 4. The summed E-state index contributed by atoms with van der Waals surface area (Å²) < 4.78 is 62.4. The van der Waals surface area contributed by atoms with Gasteiger partial charge in [-0.05, 0) is 20.8 Å². The lowest BCUT2D eigenvalue weighted by Crippen LogP contribution is -2.42. The summed E-state index contributed by atoms with van der Waals surface area (Å²) in [5, 5.41) is 1.66. The van der Waals surface area contributed by atoms with E-state index in [1.807, 2.05) is 0 Å². The van der Waals surface area contributed by atoms with Crippen molar-refractivity contribution in [3.05, 3.63) is 0 Å². The molecule has 9 heteroatoms. The summed E-state index contributed by atoms with van der Waals surface area (Å²) in [5.41, 5.74) is -0.870. The fourth-order valence-electron chi connectivity index (χ4n) is 0.819. The molecule has 0 saturated carbocycles. The quantitative estimate of drug-likeness (QED) is 0.789. The van der Waals surface area contributed by atoms with E-state index in [1.54, 1.807) is 5.32 Å². The molecule has 0 aromatic rings. The third-order valence-electron chi connectivity index (χ3n) is 1.27. The van der Waals surface area contributed by atoms with Crippen LogP contribution in [0.2, 0.25) is 0 Å². The highest BCUT2D eigenvalue weighted by atomic mass is 32.3. The van der Waals surface area contributed by atoms with Crippen molar-refractivity contribution >= 4 is 16.3 Å². The lowest BCUT2D eigenvalue weighted by Gasteiger charge is -2.21. The van der Waals surface area contributed by atoms with E-state index in [2.05, 4.69) is 4.74 Å². The Bertz CT molecular complexity index is 375. The summed E-state index contributed by atoms with van der Waals surface area (Å²) in [6, 6.07) is 0. The molecule has 0 fully saturated rings. The maximum atomic E-state index is 12.8. The first-order chi connectivity index (χ1) is 7.31. The Morgan fingerprint density at radius 2 is 1.76 bits per heavy atom. The van der Waals surface area contributed by atoms with Gasteiger partial charge in [0.2, 0.25) is 0 Å². The second kappa shape index (κ2) is 5.11. The van der Waals surface area contributed by atoms with Crippen LogP contribution in [0, 0.1) is 0 Å². The highest BCUT2D eigenvalue weighted by Gasteiger charge is 2.36. The van der Waals surface area contributed by atoms with Crippen LogP contribution >= 0.6 is 0 Å². The van der Waals surface area contributed by atoms with Crippen molar-refractivity contribution in [3.8, 4) is 0 Å². The number of nitrogens with one attached hydrogen (secondary N) is 1. The molecule has 1 amide bonds. The molecule has 0 aliphatic carbocycles. The number of halogens is 3. The van der Waals surface area contributed by atoms with E-state index in [-0.39, 0.29) is 0 Å². The van der Waals surface area contributed by atoms with Gasteiger partial charge in [-0.1, -0.05) is 0 Å². The molecule has 102 valence electrons. The maximum absolute atomic E-state index is 12.8. The second-order valence-electron chi connectivity index (χ2n) is 4.39. The predicted octanol–water partition coefficient (Wildman–Crippen LogP) is 1.45. The number of hydrogen-bond donors (Lipinski definition) is 1. The lowest BCUT2D eigenvalue weighted by atomic mass is 10.2. The van der Waals surface area contributed by atoms with Gasteiger partial charge >= 0.3 is 16.3 Å². The molecule has 0 saturated heterocycles. The van der Waals surface area contributed by atoms with Crippen molar-refractivity contribution in [2.45, 2.75) is 32.3 Å². The Morgan fingerprint density at radius 3 is 2.12 bits per heavy atom. The fourth-order valence-corrected chi connectivity index (χ4v) is 1.43. The van der Waals surface area contributed by atoms with Gasteiger partial charge in [0.15, 0.2) is 0 Å². The van der Waals surface area contributed by atoms with E-state index in [9.17, 15) is 25.9 Å². The zero-order valence-electron chi connectivity index (χ0n) is 9.59. The molecule has 0 aromatic heterocycles. The molecule has 5 nitrogen and oxygen atoms in total. The van der Waals surface area contributed by atoms with E-state index in [0.717, 1.165) is 0 Å². The maximum Gasteiger partial charge on any atom is 0.407 e. The third kappa shape index (κ3) is 9.91. The molecular weight excluding hydrogens is 263 g/mol. The third-order valence-corrected chi connectivity index (χ3v) is 2.04. The Hall–Kier alpha value is -0.990. The van der Waals surface area contributed by atoms with Crippen molar-refractivity contribution < 1.29 is 30.6 Å². The number of alkyl halides is 2. The summed E-state index contributed by atoms with van der Waals surface area (Å²) in [7, 11) is -5.31. The Balaban J connectivity index is 4.24. The molecule has 0 unspecified atom stereocenters. The van der Waals surface area contributed by atoms with Crippen LogP contribution in [0.25, 0.3) is 0 Å². The van der Waals surface area contributed by atoms with Gasteiger partial charge in [-0.15, -0.1) is 3.89 Å². The van der Waals surface area contributed by atoms with Gasteiger partial charge in [0.25, 0.3) is 5.92 Å². The molecule has 0 heterocycles. The molecule has 0 bridgehead atoms. The molecule has 0 aromatic carbocycles. The van der Waals surface area contributed by atoms with Crippen molar-refractivity contribution in [1.82, 2.24) is 5.32 Å². The first-order valence-electron chi connectivity index (χ1n) is 4.58. The first-order valence-corrected chi connectivity index (χ1v) is 6.13. The van der Waals surface area contributed by atoms with E-state index >= 15 is 0 Å². The van der Waals surface area contributed by atoms with Crippen LogP contribution in [-0.4, -0.2) is 38.3 Å². The summed E-state index contributed by atoms with van der Waals surface area (Å²) >= 11 is 0. The van der Waals surface area contributed by atoms with Gasteiger partial charge in [-0.3, -0.25) is 0 Å². The minimum atomic E-state index is -5.31. The summed E-state index contributed by atoms with van der Waals surface area (Å²) in [5.74, 6) is -5.86. The Morgan fingerprint density at radius 1 is 1.29 bits per heavy atom. The van der Waals surface area contributed by atoms with Gasteiger partial charge in [-0.25, -0.2) is 13.6 Å². The van der Waals surface area contributed by atoms with Crippen LogP contribution in [0.1, 0.15) is 20.8 Å². The second-order valence-corrected chi connectivity index (χ2v) is 5.76. The Kier molecular flexibility index (Phi) is 4.81. The zero-order valence-corrected chi connectivity index (χ0v) is 10.4. The molecule has 0 radical (unpaired) electrons. The average Bonchev–Trinajstić information content (AvgIpc) is 1.92. The standard InChI is InChI=1S/C8H14F3NO4S/c1-7(2,3)16-6(13)12-4-8(9,10)5-17(11,14)15/h4-5H2,1-3H3,(H,12,13). The van der Waals surface area contributed by atoms with E-state index in [4.69, 9.17) is 0 Å². The summed E-state index contributed by atoms with van der Waals surface area (Å²) in [4.78, 5) is 11.0. The number of amides is 1. The number of alkyl carbamates (subject to hydrolysis) is 1. The molecular formula is C8H14F3NO4S. The Labute approximate surface area is 97.5 Å². The average molecular weight is 277 g/mol. The topological polar surface area (TPSA) is 72.5 Å². The molecule has 0 aliphatic rings. The minimum absolute atomic E-state index is 0.870. The monoisotopic (exact) mass is 277 g/mol. The van der Waals surface area contributed by atoms with Crippen LogP contribution in [0.3, 0.4) is 0 Å². The van der Waals surface area contributed by atoms with E-state index in [1.165, 1.54) is 20.8 Å². The zero-order chi connectivity index (χ0) is 13.9. The molecule has 0 aliphatic heterocycles. The van der Waals surface area contributed by atoms with Crippen LogP contribution in [0.15, 0.2) is 0 Å². The summed E-state index contributed by atoms with van der Waals surface area (Å²) in [6.45, 7) is 3.26. The SMILES string of the molecule is CC(C)(C)OC(=O)NCC(F)(F)CS(=O)(=O)F. The predicted molar refractivity (Wildman–Crippen MR) is 54.1 cm³/mol. The van der Waals surface area contributed by atoms with Gasteiger partial charge in [0.1, 0.15) is 11.4 Å². The molecule has 0 spiro atoms. The van der Waals surface area contributed by atoms with Crippen molar-refractivity contribution in [3.63, 3.8) is 0 Å². The molecule has 0 atom stereocenters. The van der Waals surface area contributed by atoms with E-state index in [0.29, 0.717) is 0 Å². The normalized spacial score (nSPS) is 13.3. The number of rotatable bonds is 4. The largest absolute Gasteiger partial charge is 0.444 e. The van der Waals surface area contributed by atoms with Gasteiger partial charge in [-0.2, -0.15) is 8.42 Å². The van der Waals surface area contributed by atoms with Crippen molar-refractivity contribution in [2.75, 3.05) is 12.3 Å².